The lowest BCUT2D eigenvalue weighted by molar-refractivity contribution is 0.0545. The van der Waals surface area contributed by atoms with Gasteiger partial charge < -0.3 is 14.9 Å². The van der Waals surface area contributed by atoms with E-state index in [1.165, 1.54) is 23.8 Å². The maximum Gasteiger partial charge on any atom is 0.342 e. The Hall–Kier alpha value is -2.23. The van der Waals surface area contributed by atoms with Gasteiger partial charge in [0.25, 0.3) is 0 Å². The maximum atomic E-state index is 11.8. The van der Waals surface area contributed by atoms with Crippen LogP contribution in [0.5, 0.6) is 11.5 Å². The Kier molecular flexibility index (Phi) is 6.53. The van der Waals surface area contributed by atoms with Gasteiger partial charge in [-0.2, -0.15) is 0 Å². The average Bonchev–Trinajstić information content (AvgIpc) is 2.41. The van der Waals surface area contributed by atoms with Crippen LogP contribution in [0.2, 0.25) is 0 Å². The van der Waals surface area contributed by atoms with Gasteiger partial charge in [0.1, 0.15) is 23.7 Å². The number of benzene rings is 1. The third kappa shape index (κ3) is 6.17. The first-order valence-corrected chi connectivity index (χ1v) is 6.88. The van der Waals surface area contributed by atoms with Crippen LogP contribution in [-0.2, 0) is 4.74 Å². The van der Waals surface area contributed by atoms with Crippen LogP contribution in [-0.4, -0.2) is 22.8 Å². The average molecular weight is 290 g/mol. The molecule has 0 aromatic heterocycles. The number of phenolic OH excluding ortho intramolecular Hbond substituents is 2. The zero-order chi connectivity index (χ0) is 15.8. The van der Waals surface area contributed by atoms with Crippen molar-refractivity contribution >= 4 is 5.97 Å². The second-order valence-corrected chi connectivity index (χ2v) is 5.17. The van der Waals surface area contributed by atoms with Crippen molar-refractivity contribution in [2.75, 3.05) is 6.61 Å². The molecule has 0 amide bonds. The number of rotatable bonds is 6. The summed E-state index contributed by atoms with van der Waals surface area (Å²) in [6.45, 7) is 6.25. The molecule has 2 N–H and O–H groups in total. The van der Waals surface area contributed by atoms with E-state index in [4.69, 9.17) is 4.74 Å². The third-order valence-corrected chi connectivity index (χ3v) is 2.94. The fourth-order valence-corrected chi connectivity index (χ4v) is 1.72. The van der Waals surface area contributed by atoms with Crippen LogP contribution in [0.15, 0.2) is 41.5 Å². The lowest BCUT2D eigenvalue weighted by Gasteiger charge is -2.05. The standard InChI is InChI=1S/C17H22O4/c1-12(2)5-4-6-13(3)9-10-21-17(20)15-11-14(18)7-8-16(15)19/h5,7-9,11,18-19H,4,6,10H2,1-3H3/b13-9+. The molecule has 0 saturated heterocycles. The second-order valence-electron chi connectivity index (χ2n) is 5.17. The number of hydrogen-bond donors (Lipinski definition) is 2. The summed E-state index contributed by atoms with van der Waals surface area (Å²) in [5.74, 6) is -0.952. The first kappa shape index (κ1) is 16.8. The van der Waals surface area contributed by atoms with Gasteiger partial charge in [0.2, 0.25) is 0 Å². The molecule has 1 aromatic carbocycles. The van der Waals surface area contributed by atoms with Crippen LogP contribution in [0.3, 0.4) is 0 Å². The van der Waals surface area contributed by atoms with E-state index in [-0.39, 0.29) is 23.7 Å². The minimum absolute atomic E-state index is 0.0365. The quantitative estimate of drug-likeness (QED) is 0.473. The molecule has 0 atom stereocenters. The molecule has 21 heavy (non-hydrogen) atoms. The summed E-state index contributed by atoms with van der Waals surface area (Å²) in [5.41, 5.74) is 2.39. The number of aromatic hydroxyl groups is 2. The van der Waals surface area contributed by atoms with Gasteiger partial charge in [-0.05, 0) is 57.9 Å². The van der Waals surface area contributed by atoms with Crippen LogP contribution in [0.4, 0.5) is 0 Å². The molecule has 1 rings (SSSR count). The number of ether oxygens (including phenoxy) is 1. The van der Waals surface area contributed by atoms with Crippen molar-refractivity contribution in [1.82, 2.24) is 0 Å². The second kappa shape index (κ2) is 8.15. The van der Waals surface area contributed by atoms with Crippen molar-refractivity contribution in [3.8, 4) is 11.5 Å². The molecule has 1 aromatic rings. The largest absolute Gasteiger partial charge is 0.508 e. The van der Waals surface area contributed by atoms with Gasteiger partial charge >= 0.3 is 5.97 Å². The van der Waals surface area contributed by atoms with Gasteiger partial charge in [0.15, 0.2) is 0 Å². The van der Waals surface area contributed by atoms with E-state index in [9.17, 15) is 15.0 Å². The highest BCUT2D eigenvalue weighted by molar-refractivity contribution is 5.92. The Bertz CT molecular complexity index is 552. The van der Waals surface area contributed by atoms with E-state index < -0.39 is 5.97 Å². The number of allylic oxidation sites excluding steroid dienone is 3. The van der Waals surface area contributed by atoms with E-state index in [1.54, 1.807) is 0 Å². The summed E-state index contributed by atoms with van der Waals surface area (Å²) in [5, 5.41) is 18.9. The van der Waals surface area contributed by atoms with E-state index in [1.807, 2.05) is 13.0 Å². The Balaban J connectivity index is 2.49. The smallest absolute Gasteiger partial charge is 0.342 e. The van der Waals surface area contributed by atoms with Crippen LogP contribution in [0, 0.1) is 0 Å². The number of carbonyl (C=O) groups excluding carboxylic acids is 1. The Morgan fingerprint density at radius 1 is 1.19 bits per heavy atom. The highest BCUT2D eigenvalue weighted by atomic mass is 16.5. The third-order valence-electron chi connectivity index (χ3n) is 2.94. The van der Waals surface area contributed by atoms with Crippen molar-refractivity contribution in [3.63, 3.8) is 0 Å². The molecule has 0 unspecified atom stereocenters. The van der Waals surface area contributed by atoms with Crippen molar-refractivity contribution in [3.05, 3.63) is 47.1 Å². The summed E-state index contributed by atoms with van der Waals surface area (Å²) in [6, 6.07) is 3.74. The van der Waals surface area contributed by atoms with Gasteiger partial charge in [-0.1, -0.05) is 17.2 Å². The summed E-state index contributed by atoms with van der Waals surface area (Å²) in [7, 11) is 0. The van der Waals surface area contributed by atoms with Crippen molar-refractivity contribution in [2.45, 2.75) is 33.6 Å². The number of carbonyl (C=O) groups is 1. The molecule has 4 heteroatoms. The fraction of sp³-hybridized carbons (Fsp3) is 0.353. The lowest BCUT2D eigenvalue weighted by atomic mass is 10.1. The zero-order valence-corrected chi connectivity index (χ0v) is 12.7. The molecule has 0 aliphatic heterocycles. The first-order valence-electron chi connectivity index (χ1n) is 6.88. The highest BCUT2D eigenvalue weighted by Gasteiger charge is 2.12. The zero-order valence-electron chi connectivity index (χ0n) is 12.7. The Morgan fingerprint density at radius 2 is 1.90 bits per heavy atom. The van der Waals surface area contributed by atoms with Gasteiger partial charge in [0, 0.05) is 0 Å². The molecule has 0 bridgehead atoms. The molecule has 0 radical (unpaired) electrons. The fourth-order valence-electron chi connectivity index (χ4n) is 1.72. The van der Waals surface area contributed by atoms with Crippen LogP contribution >= 0.6 is 0 Å². The molecular weight excluding hydrogens is 268 g/mol. The molecule has 0 spiro atoms. The number of hydrogen-bond acceptors (Lipinski definition) is 4. The summed E-state index contributed by atoms with van der Waals surface area (Å²) in [6.07, 6.45) is 5.89. The normalized spacial score (nSPS) is 11.1. The number of esters is 1. The molecule has 0 aliphatic carbocycles. The molecule has 0 heterocycles. The molecule has 0 aliphatic rings. The van der Waals surface area contributed by atoms with E-state index >= 15 is 0 Å². The predicted molar refractivity (Wildman–Crippen MR) is 82.5 cm³/mol. The van der Waals surface area contributed by atoms with Crippen molar-refractivity contribution in [1.29, 1.82) is 0 Å². The Labute approximate surface area is 125 Å². The van der Waals surface area contributed by atoms with Crippen molar-refractivity contribution < 1.29 is 19.7 Å². The number of phenols is 2. The van der Waals surface area contributed by atoms with E-state index in [0.29, 0.717) is 0 Å². The van der Waals surface area contributed by atoms with Crippen LogP contribution < -0.4 is 0 Å². The molecule has 0 saturated carbocycles. The van der Waals surface area contributed by atoms with E-state index in [0.717, 1.165) is 18.4 Å². The molecule has 0 fully saturated rings. The van der Waals surface area contributed by atoms with Gasteiger partial charge in [-0.25, -0.2) is 4.79 Å². The lowest BCUT2D eigenvalue weighted by Crippen LogP contribution is -2.05. The van der Waals surface area contributed by atoms with E-state index in [2.05, 4.69) is 19.9 Å². The summed E-state index contributed by atoms with van der Waals surface area (Å²) in [4.78, 5) is 11.8. The maximum absolute atomic E-state index is 11.8. The predicted octanol–water partition coefficient (Wildman–Crippen LogP) is 3.95. The monoisotopic (exact) mass is 290 g/mol. The SMILES string of the molecule is CC(C)=CCC/C(C)=C/COC(=O)c1cc(O)ccc1O. The topological polar surface area (TPSA) is 66.8 Å². The molecule has 114 valence electrons. The van der Waals surface area contributed by atoms with Crippen LogP contribution in [0.1, 0.15) is 44.0 Å². The highest BCUT2D eigenvalue weighted by Crippen LogP contribution is 2.22. The van der Waals surface area contributed by atoms with Gasteiger partial charge in [-0.15, -0.1) is 0 Å². The minimum Gasteiger partial charge on any atom is -0.508 e. The van der Waals surface area contributed by atoms with Gasteiger partial charge in [0.05, 0.1) is 0 Å². The Morgan fingerprint density at radius 3 is 2.57 bits per heavy atom. The first-order chi connectivity index (χ1) is 9.90. The molecular formula is C17H22O4. The van der Waals surface area contributed by atoms with Crippen molar-refractivity contribution in [2.24, 2.45) is 0 Å². The minimum atomic E-state index is -0.656. The van der Waals surface area contributed by atoms with Gasteiger partial charge in [-0.3, -0.25) is 0 Å². The summed E-state index contributed by atoms with van der Waals surface area (Å²) >= 11 is 0. The summed E-state index contributed by atoms with van der Waals surface area (Å²) < 4.78 is 5.06. The molecule has 4 nitrogen and oxygen atoms in total. The van der Waals surface area contributed by atoms with Crippen LogP contribution in [0.25, 0.3) is 0 Å².